The lowest BCUT2D eigenvalue weighted by Gasteiger charge is -2.25. The van der Waals surface area contributed by atoms with Gasteiger partial charge in [0.2, 0.25) is 0 Å². The SMILES string of the molecule is N#CC1(Br)C=CC=CC1C(=O)c1ccccc1. The molecule has 0 bridgehead atoms. The van der Waals surface area contributed by atoms with Gasteiger partial charge in [-0.2, -0.15) is 5.26 Å². The smallest absolute Gasteiger partial charge is 0.172 e. The summed E-state index contributed by atoms with van der Waals surface area (Å²) < 4.78 is -0.936. The summed E-state index contributed by atoms with van der Waals surface area (Å²) >= 11 is 3.34. The molecular weight excluding hydrogens is 278 g/mol. The standard InChI is InChI=1S/C14H10BrNO/c15-14(10-16)9-5-4-8-12(14)13(17)11-6-2-1-3-7-11/h1-9,12H. The molecule has 0 amide bonds. The number of Topliss-reactive ketones (excluding diaryl/α,β-unsaturated/α-hetero) is 1. The van der Waals surface area contributed by atoms with Crippen molar-refractivity contribution in [2.45, 2.75) is 4.32 Å². The molecule has 0 aliphatic heterocycles. The van der Waals surface area contributed by atoms with Gasteiger partial charge in [-0.3, -0.25) is 4.79 Å². The molecule has 1 aliphatic carbocycles. The quantitative estimate of drug-likeness (QED) is 0.619. The highest BCUT2D eigenvalue weighted by Crippen LogP contribution is 2.35. The van der Waals surface area contributed by atoms with Gasteiger partial charge in [0.25, 0.3) is 0 Å². The van der Waals surface area contributed by atoms with E-state index in [1.54, 1.807) is 36.4 Å². The first-order valence-corrected chi connectivity index (χ1v) is 6.02. The van der Waals surface area contributed by atoms with E-state index in [0.717, 1.165) is 0 Å². The Morgan fingerprint density at radius 1 is 1.29 bits per heavy atom. The van der Waals surface area contributed by atoms with Gasteiger partial charge in [0.15, 0.2) is 5.78 Å². The van der Waals surface area contributed by atoms with Gasteiger partial charge < -0.3 is 0 Å². The number of carbonyl (C=O) groups is 1. The van der Waals surface area contributed by atoms with Crippen LogP contribution in [0.4, 0.5) is 0 Å². The molecule has 0 N–H and O–H groups in total. The van der Waals surface area contributed by atoms with Crippen LogP contribution in [0.5, 0.6) is 0 Å². The first-order valence-electron chi connectivity index (χ1n) is 5.23. The molecule has 0 radical (unpaired) electrons. The zero-order chi connectivity index (χ0) is 12.3. The summed E-state index contributed by atoms with van der Waals surface area (Å²) in [6, 6.07) is 11.2. The summed E-state index contributed by atoms with van der Waals surface area (Å²) in [5.74, 6) is -0.537. The normalized spacial score (nSPS) is 26.5. The van der Waals surface area contributed by atoms with Crippen molar-refractivity contribution in [3.8, 4) is 6.07 Å². The first kappa shape index (κ1) is 11.8. The molecule has 1 aromatic rings. The van der Waals surface area contributed by atoms with Crippen molar-refractivity contribution in [1.29, 1.82) is 5.26 Å². The number of hydrogen-bond acceptors (Lipinski definition) is 2. The molecule has 84 valence electrons. The van der Waals surface area contributed by atoms with Crippen molar-refractivity contribution in [1.82, 2.24) is 0 Å². The number of nitriles is 1. The van der Waals surface area contributed by atoms with Crippen LogP contribution in [0.25, 0.3) is 0 Å². The van der Waals surface area contributed by atoms with Gasteiger partial charge >= 0.3 is 0 Å². The van der Waals surface area contributed by atoms with E-state index in [0.29, 0.717) is 5.56 Å². The molecular formula is C14H10BrNO. The Labute approximate surface area is 108 Å². The Bertz CT molecular complexity index is 527. The van der Waals surface area contributed by atoms with Gasteiger partial charge in [0, 0.05) is 5.56 Å². The molecule has 0 saturated carbocycles. The molecule has 2 rings (SSSR count). The van der Waals surface area contributed by atoms with Crippen molar-refractivity contribution < 1.29 is 4.79 Å². The average molecular weight is 288 g/mol. The van der Waals surface area contributed by atoms with E-state index < -0.39 is 10.2 Å². The molecule has 2 atom stereocenters. The molecule has 0 saturated heterocycles. The molecule has 0 fully saturated rings. The van der Waals surface area contributed by atoms with Gasteiger partial charge in [-0.25, -0.2) is 0 Å². The molecule has 17 heavy (non-hydrogen) atoms. The highest BCUT2D eigenvalue weighted by molar-refractivity contribution is 9.10. The molecule has 1 aliphatic rings. The topological polar surface area (TPSA) is 40.9 Å². The average Bonchev–Trinajstić information content (AvgIpc) is 2.39. The van der Waals surface area contributed by atoms with Crippen LogP contribution < -0.4 is 0 Å². The van der Waals surface area contributed by atoms with E-state index in [4.69, 9.17) is 0 Å². The number of allylic oxidation sites excluding steroid dienone is 4. The van der Waals surface area contributed by atoms with E-state index in [-0.39, 0.29) is 5.78 Å². The summed E-state index contributed by atoms with van der Waals surface area (Å²) in [4.78, 5) is 12.3. The minimum atomic E-state index is -0.936. The number of halogens is 1. The second-order valence-electron chi connectivity index (χ2n) is 3.83. The molecule has 0 spiro atoms. The number of alkyl halides is 1. The van der Waals surface area contributed by atoms with E-state index in [2.05, 4.69) is 22.0 Å². The highest BCUT2D eigenvalue weighted by Gasteiger charge is 2.38. The monoisotopic (exact) mass is 287 g/mol. The summed E-state index contributed by atoms with van der Waals surface area (Å²) in [6.07, 6.45) is 7.03. The summed E-state index contributed by atoms with van der Waals surface area (Å²) in [5, 5.41) is 9.18. The van der Waals surface area contributed by atoms with Crippen LogP contribution >= 0.6 is 15.9 Å². The van der Waals surface area contributed by atoms with Crippen molar-refractivity contribution >= 4 is 21.7 Å². The molecule has 2 unspecified atom stereocenters. The number of ketones is 1. The van der Waals surface area contributed by atoms with Crippen LogP contribution in [-0.2, 0) is 0 Å². The fourth-order valence-electron chi connectivity index (χ4n) is 1.78. The Hall–Kier alpha value is -1.66. The summed E-state index contributed by atoms with van der Waals surface area (Å²) in [5.41, 5.74) is 0.622. The Morgan fingerprint density at radius 2 is 2.00 bits per heavy atom. The van der Waals surface area contributed by atoms with Gasteiger partial charge in [0.1, 0.15) is 4.32 Å². The molecule has 2 nitrogen and oxygen atoms in total. The van der Waals surface area contributed by atoms with E-state index >= 15 is 0 Å². The van der Waals surface area contributed by atoms with Crippen molar-refractivity contribution in [3.63, 3.8) is 0 Å². The van der Waals surface area contributed by atoms with Crippen LogP contribution in [0.1, 0.15) is 10.4 Å². The Kier molecular flexibility index (Phi) is 3.26. The zero-order valence-corrected chi connectivity index (χ0v) is 10.6. The third-order valence-corrected chi connectivity index (χ3v) is 3.65. The lowest BCUT2D eigenvalue weighted by atomic mass is 9.83. The Balaban J connectivity index is 2.35. The molecule has 0 aromatic heterocycles. The van der Waals surface area contributed by atoms with Gasteiger partial charge in [-0.05, 0) is 0 Å². The first-order chi connectivity index (χ1) is 8.17. The van der Waals surface area contributed by atoms with Crippen LogP contribution in [0, 0.1) is 17.2 Å². The van der Waals surface area contributed by atoms with Crippen LogP contribution in [-0.4, -0.2) is 10.1 Å². The maximum Gasteiger partial charge on any atom is 0.172 e. The maximum atomic E-state index is 12.3. The van der Waals surface area contributed by atoms with E-state index in [9.17, 15) is 10.1 Å². The number of nitrogens with zero attached hydrogens (tertiary/aromatic N) is 1. The largest absolute Gasteiger partial charge is 0.293 e. The van der Waals surface area contributed by atoms with Gasteiger partial charge in [-0.1, -0.05) is 70.6 Å². The second-order valence-corrected chi connectivity index (χ2v) is 5.14. The third-order valence-electron chi connectivity index (χ3n) is 2.72. The third kappa shape index (κ3) is 2.22. The lowest BCUT2D eigenvalue weighted by molar-refractivity contribution is 0.0940. The van der Waals surface area contributed by atoms with E-state index in [1.165, 1.54) is 0 Å². The predicted octanol–water partition coefficient (Wildman–Crippen LogP) is 3.27. The zero-order valence-electron chi connectivity index (χ0n) is 9.01. The predicted molar refractivity (Wildman–Crippen MR) is 69.8 cm³/mol. The summed E-state index contributed by atoms with van der Waals surface area (Å²) in [6.45, 7) is 0. The number of benzene rings is 1. The van der Waals surface area contributed by atoms with Crippen molar-refractivity contribution in [2.24, 2.45) is 5.92 Å². The minimum Gasteiger partial charge on any atom is -0.293 e. The van der Waals surface area contributed by atoms with Gasteiger partial charge in [0.05, 0.1) is 12.0 Å². The fraction of sp³-hybridized carbons (Fsp3) is 0.143. The van der Waals surface area contributed by atoms with Crippen molar-refractivity contribution in [2.75, 3.05) is 0 Å². The van der Waals surface area contributed by atoms with Crippen LogP contribution in [0.3, 0.4) is 0 Å². The molecule has 0 heterocycles. The number of hydrogen-bond donors (Lipinski definition) is 0. The Morgan fingerprint density at radius 3 is 2.65 bits per heavy atom. The minimum absolute atomic E-state index is 0.0513. The summed E-state index contributed by atoms with van der Waals surface area (Å²) in [7, 11) is 0. The molecule has 1 aromatic carbocycles. The molecule has 3 heteroatoms. The van der Waals surface area contributed by atoms with Crippen molar-refractivity contribution in [3.05, 3.63) is 60.2 Å². The maximum absolute atomic E-state index is 12.3. The van der Waals surface area contributed by atoms with Crippen LogP contribution in [0.15, 0.2) is 54.6 Å². The highest BCUT2D eigenvalue weighted by atomic mass is 79.9. The van der Waals surface area contributed by atoms with E-state index in [1.807, 2.05) is 18.2 Å². The lowest BCUT2D eigenvalue weighted by Crippen LogP contribution is -2.34. The second kappa shape index (κ2) is 4.68. The number of rotatable bonds is 2. The number of carbonyl (C=O) groups excluding carboxylic acids is 1. The van der Waals surface area contributed by atoms with Crippen LogP contribution in [0.2, 0.25) is 0 Å². The fourth-order valence-corrected chi connectivity index (χ4v) is 2.29. The van der Waals surface area contributed by atoms with Gasteiger partial charge in [-0.15, -0.1) is 0 Å².